The van der Waals surface area contributed by atoms with Gasteiger partial charge in [0.15, 0.2) is 11.6 Å². The Hall–Kier alpha value is -3.98. The Morgan fingerprint density at radius 3 is 2.84 bits per heavy atom. The first-order valence-corrected chi connectivity index (χ1v) is 8.79. The molecule has 0 fully saturated rings. The Kier molecular flexibility index (Phi) is 4.87. The number of halogens is 1. The van der Waals surface area contributed by atoms with Gasteiger partial charge in [-0.1, -0.05) is 12.6 Å². The number of hydrogen-bond acceptors (Lipinski definition) is 7. The predicted molar refractivity (Wildman–Crippen MR) is 118 cm³/mol. The van der Waals surface area contributed by atoms with Crippen LogP contribution in [-0.2, 0) is 9.53 Å². The van der Waals surface area contributed by atoms with Crippen LogP contribution in [0.15, 0.2) is 67.3 Å². The molecule has 0 atom stereocenters. The molecular weight excluding hydrogens is 401 g/mol. The second-order valence-electron chi connectivity index (χ2n) is 5.80. The molecule has 0 spiro atoms. The molecule has 1 aromatic heterocycles. The van der Waals surface area contributed by atoms with E-state index in [-0.39, 0.29) is 41.0 Å². The van der Waals surface area contributed by atoms with Gasteiger partial charge in [0.2, 0.25) is 11.9 Å². The van der Waals surface area contributed by atoms with Gasteiger partial charge >= 0.3 is 0 Å². The SMILES string of the molecule is [2H]c1cc(NC(=O)C=C)c([2H])c(Nc2nc(Nc3ccc(OC([2H])([2H])COC([2H])([2H])[2H])cc3)ncc2F)c1. The largest absolute Gasteiger partial charge is 0.491 e. The summed E-state index contributed by atoms with van der Waals surface area (Å²) in [4.78, 5) is 19.5. The van der Waals surface area contributed by atoms with E-state index in [4.69, 9.17) is 14.3 Å². The van der Waals surface area contributed by atoms with Crippen LogP contribution in [0.25, 0.3) is 0 Å². The lowest BCUT2D eigenvalue weighted by Crippen LogP contribution is -2.07. The molecule has 0 aliphatic carbocycles. The van der Waals surface area contributed by atoms with E-state index < -0.39 is 31.9 Å². The van der Waals surface area contributed by atoms with Crippen molar-refractivity contribution in [1.82, 2.24) is 9.97 Å². The average Bonchev–Trinajstić information content (AvgIpc) is 2.83. The maximum Gasteiger partial charge on any atom is 0.247 e. The van der Waals surface area contributed by atoms with E-state index in [1.807, 2.05) is 0 Å². The Labute approximate surface area is 189 Å². The van der Waals surface area contributed by atoms with Gasteiger partial charge in [-0.15, -0.1) is 0 Å². The van der Waals surface area contributed by atoms with Gasteiger partial charge in [-0.2, -0.15) is 4.98 Å². The van der Waals surface area contributed by atoms with Crippen molar-refractivity contribution in [3.8, 4) is 5.75 Å². The Balaban J connectivity index is 1.73. The van der Waals surface area contributed by atoms with Gasteiger partial charge < -0.3 is 25.4 Å². The maximum absolute atomic E-state index is 14.4. The topological polar surface area (TPSA) is 97.4 Å². The minimum atomic E-state index is -2.76. The smallest absolute Gasteiger partial charge is 0.247 e. The van der Waals surface area contributed by atoms with E-state index in [9.17, 15) is 9.18 Å². The predicted octanol–water partition coefficient (Wildman–Crippen LogP) is 4.25. The van der Waals surface area contributed by atoms with Gasteiger partial charge in [-0.25, -0.2) is 9.37 Å². The summed E-state index contributed by atoms with van der Waals surface area (Å²) in [6.07, 6.45) is 1.90. The van der Waals surface area contributed by atoms with Crippen LogP contribution >= 0.6 is 0 Å². The number of ether oxygens (including phenoxy) is 2. The number of anilines is 5. The van der Waals surface area contributed by atoms with Crippen molar-refractivity contribution in [2.75, 3.05) is 36.2 Å². The zero-order chi connectivity index (χ0) is 28.1. The molecule has 0 radical (unpaired) electrons. The Morgan fingerprint density at radius 2 is 2.06 bits per heavy atom. The van der Waals surface area contributed by atoms with Gasteiger partial charge in [0.1, 0.15) is 12.3 Å². The molecule has 2 aromatic carbocycles. The molecule has 0 saturated carbocycles. The highest BCUT2D eigenvalue weighted by atomic mass is 19.1. The second kappa shape index (κ2) is 10.7. The first-order chi connectivity index (χ1) is 17.7. The summed E-state index contributed by atoms with van der Waals surface area (Å²) in [5, 5.41) is 7.88. The van der Waals surface area contributed by atoms with Crippen LogP contribution in [0.5, 0.6) is 5.75 Å². The van der Waals surface area contributed by atoms with Crippen LogP contribution < -0.4 is 20.7 Å². The zero-order valence-electron chi connectivity index (χ0n) is 23.0. The third-order valence-electron chi connectivity index (χ3n) is 3.60. The van der Waals surface area contributed by atoms with Crippen LogP contribution in [0.3, 0.4) is 0 Å². The van der Waals surface area contributed by atoms with E-state index in [1.54, 1.807) is 0 Å². The quantitative estimate of drug-likeness (QED) is 0.414. The van der Waals surface area contributed by atoms with Gasteiger partial charge in [0.05, 0.1) is 22.4 Å². The van der Waals surface area contributed by atoms with E-state index in [0.717, 1.165) is 12.3 Å². The van der Waals surface area contributed by atoms with Gasteiger partial charge in [-0.05, 0) is 48.5 Å². The molecule has 1 amide bonds. The zero-order valence-corrected chi connectivity index (χ0v) is 16.0. The summed E-state index contributed by atoms with van der Waals surface area (Å²) in [7, 11) is -2.76. The van der Waals surface area contributed by atoms with Crippen LogP contribution in [0.4, 0.5) is 33.2 Å². The van der Waals surface area contributed by atoms with E-state index in [2.05, 4.69) is 37.2 Å². The minimum Gasteiger partial charge on any atom is -0.491 e. The Morgan fingerprint density at radius 1 is 1.26 bits per heavy atom. The number of methoxy groups -OCH3 is 1. The van der Waals surface area contributed by atoms with Crippen molar-refractivity contribution in [2.24, 2.45) is 0 Å². The second-order valence-corrected chi connectivity index (χ2v) is 5.80. The Bertz CT molecular complexity index is 1320. The summed E-state index contributed by atoms with van der Waals surface area (Å²) in [6, 6.07) is 8.08. The monoisotopic (exact) mass is 430 g/mol. The van der Waals surface area contributed by atoms with Gasteiger partial charge in [0.25, 0.3) is 0 Å². The third-order valence-corrected chi connectivity index (χ3v) is 3.60. The van der Waals surface area contributed by atoms with E-state index in [0.29, 0.717) is 5.69 Å². The van der Waals surface area contributed by atoms with E-state index in [1.165, 1.54) is 36.4 Å². The van der Waals surface area contributed by atoms with Crippen molar-refractivity contribution in [1.29, 1.82) is 0 Å². The van der Waals surface area contributed by atoms with Crippen molar-refractivity contribution in [3.63, 3.8) is 0 Å². The molecule has 0 aliphatic heterocycles. The lowest BCUT2D eigenvalue weighted by molar-refractivity contribution is -0.111. The normalized spacial score (nSPS) is 14.4. The van der Waals surface area contributed by atoms with Crippen molar-refractivity contribution in [2.45, 2.75) is 0 Å². The fraction of sp³-hybridized carbons (Fsp3) is 0.136. The summed E-state index contributed by atoms with van der Waals surface area (Å²) in [6.45, 7) is 0.125. The first kappa shape index (κ1) is 14.1. The molecule has 8 nitrogen and oxygen atoms in total. The van der Waals surface area contributed by atoms with Crippen molar-refractivity contribution in [3.05, 3.63) is 73.2 Å². The van der Waals surface area contributed by atoms with Gasteiger partial charge in [0, 0.05) is 24.1 Å². The fourth-order valence-electron chi connectivity index (χ4n) is 2.26. The molecule has 0 bridgehead atoms. The number of carbonyl (C=O) groups is 1. The molecule has 9 heteroatoms. The molecule has 1 heterocycles. The highest BCUT2D eigenvalue weighted by molar-refractivity contribution is 5.99. The molecule has 3 N–H and O–H groups in total. The molecule has 0 saturated heterocycles. The lowest BCUT2D eigenvalue weighted by Gasteiger charge is -2.11. The molecular formula is C22H22FN5O3. The summed E-state index contributed by atoms with van der Waals surface area (Å²) in [5.41, 5.74) is 0.464. The number of nitrogens with one attached hydrogen (secondary N) is 3. The van der Waals surface area contributed by atoms with Crippen LogP contribution in [0, 0.1) is 5.82 Å². The summed E-state index contributed by atoms with van der Waals surface area (Å²) < 4.78 is 76.6. The molecule has 31 heavy (non-hydrogen) atoms. The van der Waals surface area contributed by atoms with Gasteiger partial charge in [-0.3, -0.25) is 4.79 Å². The molecule has 3 aromatic rings. The minimum absolute atomic E-state index is 0.0126. The number of rotatable bonds is 10. The first-order valence-electron chi connectivity index (χ1n) is 12.3. The number of hydrogen-bond donors (Lipinski definition) is 3. The summed E-state index contributed by atoms with van der Waals surface area (Å²) in [5.74, 6) is -1.66. The maximum atomic E-state index is 14.4. The van der Waals surface area contributed by atoms with Crippen molar-refractivity contribution >= 4 is 34.7 Å². The molecule has 160 valence electrons. The standard InChI is InChI=1S/C22H22FN5O3/c1-3-20(29)25-16-5-4-6-17(13-16)26-21-19(23)14-24-22(28-21)27-15-7-9-18(10-8-15)31-12-11-30-2/h3-10,13-14H,1,11-12H2,2H3,(H,25,29)(H2,24,26,27,28)/i2D3,4D,12D2,13D. The van der Waals surface area contributed by atoms with Crippen molar-refractivity contribution < 1.29 is 28.3 Å². The fourth-order valence-corrected chi connectivity index (χ4v) is 2.26. The number of benzene rings is 2. The van der Waals surface area contributed by atoms with Crippen LogP contribution in [0.1, 0.15) is 9.60 Å². The number of nitrogens with zero attached hydrogens (tertiary/aromatic N) is 2. The molecule has 0 unspecified atom stereocenters. The number of aromatic nitrogens is 2. The third kappa shape index (κ3) is 6.51. The molecule has 0 aliphatic rings. The lowest BCUT2D eigenvalue weighted by atomic mass is 10.2. The number of carbonyl (C=O) groups excluding carboxylic acids is 1. The van der Waals surface area contributed by atoms with Crippen LogP contribution in [0.2, 0.25) is 0 Å². The molecule has 3 rings (SSSR count). The highest BCUT2D eigenvalue weighted by Crippen LogP contribution is 2.23. The van der Waals surface area contributed by atoms with E-state index >= 15 is 0 Å². The number of amides is 1. The highest BCUT2D eigenvalue weighted by Gasteiger charge is 2.09. The van der Waals surface area contributed by atoms with Crippen LogP contribution in [-0.4, -0.2) is 36.1 Å². The summed E-state index contributed by atoms with van der Waals surface area (Å²) >= 11 is 0. The average molecular weight is 430 g/mol.